The Morgan fingerprint density at radius 2 is 2.00 bits per heavy atom. The van der Waals surface area contributed by atoms with Crippen LogP contribution in [0.1, 0.15) is 13.3 Å². The maximum absolute atomic E-state index is 4.36. The van der Waals surface area contributed by atoms with Gasteiger partial charge in [-0.25, -0.2) is 0 Å². The molecule has 2 unspecified atom stereocenters. The second-order valence-electron chi connectivity index (χ2n) is 2.96. The number of nitrogens with zero attached hydrogens (tertiary/aromatic N) is 2. The molecule has 2 nitrogen and oxygen atoms in total. The molecule has 0 saturated carbocycles. The van der Waals surface area contributed by atoms with Crippen molar-refractivity contribution in [2.24, 2.45) is 0 Å². The van der Waals surface area contributed by atoms with Crippen LogP contribution in [-0.2, 0) is 0 Å². The van der Waals surface area contributed by atoms with E-state index in [2.05, 4.69) is 17.1 Å². The van der Waals surface area contributed by atoms with Gasteiger partial charge in [0, 0.05) is 0 Å². The van der Waals surface area contributed by atoms with Crippen molar-refractivity contribution in [3.8, 4) is 0 Å². The monoisotopic (exact) mass is 164 g/mol. The molecule has 0 amide bonds. The molecular formula is C7H13KN2. The van der Waals surface area contributed by atoms with E-state index in [0.717, 1.165) is 25.2 Å². The first-order valence-electron chi connectivity index (χ1n) is 3.81. The third kappa shape index (κ3) is 1.51. The Morgan fingerprint density at radius 3 is 2.30 bits per heavy atom. The number of likely N-dealkylation sites (N-methyl/N-ethyl adjacent to an activating group) is 1. The van der Waals surface area contributed by atoms with E-state index in [4.69, 9.17) is 0 Å². The summed E-state index contributed by atoms with van der Waals surface area (Å²) in [6, 6.07) is 1.66. The number of piperidine rings is 1. The predicted octanol–water partition coefficient (Wildman–Crippen LogP) is -2.16. The van der Waals surface area contributed by atoms with Crippen molar-refractivity contribution in [3.63, 3.8) is 0 Å². The van der Waals surface area contributed by atoms with Gasteiger partial charge in [-0.1, -0.05) is 6.92 Å². The van der Waals surface area contributed by atoms with Gasteiger partial charge in [-0.3, -0.25) is 0 Å². The summed E-state index contributed by atoms with van der Waals surface area (Å²) in [7, 11) is 0. The van der Waals surface area contributed by atoms with Gasteiger partial charge in [-0.15, -0.1) is 13.1 Å². The smallest absolute Gasteiger partial charge is 0.660 e. The molecule has 3 heteroatoms. The Labute approximate surface area is 105 Å². The maximum atomic E-state index is 4.36. The first-order valence-corrected chi connectivity index (χ1v) is 3.81. The van der Waals surface area contributed by atoms with Gasteiger partial charge in [0.2, 0.25) is 0 Å². The average molecular weight is 164 g/mol. The molecule has 0 aromatic carbocycles. The number of hydrogen-bond donors (Lipinski definition) is 0. The zero-order valence-electron chi connectivity index (χ0n) is 6.88. The standard InChI is InChI=1S/C7H13N2.K/c1-2-9-6-3-7(9)5-8-4-6;/h6-7H,2-5H2,1H3;/q-1;+1. The van der Waals surface area contributed by atoms with Crippen molar-refractivity contribution in [2.75, 3.05) is 19.6 Å². The summed E-state index contributed by atoms with van der Waals surface area (Å²) in [4.78, 5) is 2.56. The van der Waals surface area contributed by atoms with E-state index >= 15 is 0 Å². The molecule has 3 aliphatic rings. The van der Waals surface area contributed by atoms with Gasteiger partial charge in [-0.2, -0.15) is 0 Å². The van der Waals surface area contributed by atoms with E-state index < -0.39 is 0 Å². The fourth-order valence-electron chi connectivity index (χ4n) is 1.99. The molecule has 0 aromatic heterocycles. The van der Waals surface area contributed by atoms with E-state index in [1.54, 1.807) is 0 Å². The number of rotatable bonds is 1. The molecule has 10 heavy (non-hydrogen) atoms. The van der Waals surface area contributed by atoms with E-state index in [1.165, 1.54) is 13.0 Å². The molecule has 3 aliphatic heterocycles. The molecular weight excluding hydrogens is 151 g/mol. The van der Waals surface area contributed by atoms with Crippen LogP contribution in [0, 0.1) is 0 Å². The minimum Gasteiger partial charge on any atom is -0.660 e. The Balaban J connectivity index is 0.000000500. The average Bonchev–Trinajstić information content (AvgIpc) is 1.90. The van der Waals surface area contributed by atoms with Crippen molar-refractivity contribution in [1.29, 1.82) is 0 Å². The summed E-state index contributed by atoms with van der Waals surface area (Å²) >= 11 is 0. The molecule has 3 heterocycles. The van der Waals surface area contributed by atoms with Crippen LogP contribution in [0.25, 0.3) is 5.32 Å². The maximum Gasteiger partial charge on any atom is 1.00 e. The van der Waals surface area contributed by atoms with E-state index in [1.807, 2.05) is 0 Å². The van der Waals surface area contributed by atoms with Crippen LogP contribution in [0.4, 0.5) is 0 Å². The third-order valence-corrected chi connectivity index (χ3v) is 2.53. The molecule has 0 spiro atoms. The quantitative estimate of drug-likeness (QED) is 0.404. The van der Waals surface area contributed by atoms with Crippen LogP contribution in [0.15, 0.2) is 0 Å². The van der Waals surface area contributed by atoms with Crippen molar-refractivity contribution in [2.45, 2.75) is 25.4 Å². The zero-order chi connectivity index (χ0) is 6.27. The fraction of sp³-hybridized carbons (Fsp3) is 1.00. The molecule has 3 rings (SSSR count). The van der Waals surface area contributed by atoms with E-state index in [9.17, 15) is 0 Å². The summed E-state index contributed by atoms with van der Waals surface area (Å²) in [5.41, 5.74) is 0. The van der Waals surface area contributed by atoms with Gasteiger partial charge in [-0.05, 0) is 25.0 Å². The zero-order valence-corrected chi connectivity index (χ0v) is 10.0. The van der Waals surface area contributed by atoms with E-state index in [-0.39, 0.29) is 51.4 Å². The molecule has 0 aromatic rings. The van der Waals surface area contributed by atoms with Crippen molar-refractivity contribution in [1.82, 2.24) is 4.90 Å². The van der Waals surface area contributed by atoms with Gasteiger partial charge < -0.3 is 10.2 Å². The normalized spacial score (nSPS) is 38.1. The topological polar surface area (TPSA) is 17.3 Å². The number of piperazine rings is 1. The van der Waals surface area contributed by atoms with Crippen molar-refractivity contribution in [3.05, 3.63) is 5.32 Å². The van der Waals surface area contributed by atoms with Gasteiger partial charge in [0.15, 0.2) is 0 Å². The molecule has 2 atom stereocenters. The summed E-state index contributed by atoms with van der Waals surface area (Å²) < 4.78 is 0. The molecule has 0 N–H and O–H groups in total. The Kier molecular flexibility index (Phi) is 3.84. The van der Waals surface area contributed by atoms with Gasteiger partial charge >= 0.3 is 51.4 Å². The van der Waals surface area contributed by atoms with Crippen LogP contribution in [0.5, 0.6) is 0 Å². The summed E-state index contributed by atoms with van der Waals surface area (Å²) in [5.74, 6) is 0. The summed E-state index contributed by atoms with van der Waals surface area (Å²) in [6.07, 6.45) is 1.41. The number of hydrogen-bond acceptors (Lipinski definition) is 1. The van der Waals surface area contributed by atoms with Crippen LogP contribution >= 0.6 is 0 Å². The summed E-state index contributed by atoms with van der Waals surface area (Å²) in [5, 5.41) is 4.36. The minimum absolute atomic E-state index is 0. The largest absolute Gasteiger partial charge is 1.00 e. The Morgan fingerprint density at radius 1 is 1.40 bits per heavy atom. The van der Waals surface area contributed by atoms with Gasteiger partial charge in [0.05, 0.1) is 0 Å². The predicted molar refractivity (Wildman–Crippen MR) is 37.7 cm³/mol. The molecule has 0 radical (unpaired) electrons. The molecule has 52 valence electrons. The Bertz CT molecular complexity index is 104. The number of fused-ring (bicyclic) bond motifs is 2. The van der Waals surface area contributed by atoms with Gasteiger partial charge in [0.1, 0.15) is 0 Å². The molecule has 2 bridgehead atoms. The van der Waals surface area contributed by atoms with Crippen molar-refractivity contribution >= 4 is 0 Å². The van der Waals surface area contributed by atoms with Crippen LogP contribution in [0.3, 0.4) is 0 Å². The second-order valence-corrected chi connectivity index (χ2v) is 2.96. The molecule has 3 fully saturated rings. The van der Waals surface area contributed by atoms with Crippen LogP contribution in [0.2, 0.25) is 0 Å². The summed E-state index contributed by atoms with van der Waals surface area (Å²) in [6.45, 7) is 5.67. The van der Waals surface area contributed by atoms with Crippen LogP contribution < -0.4 is 51.4 Å². The second kappa shape index (κ2) is 3.98. The van der Waals surface area contributed by atoms with Crippen LogP contribution in [-0.4, -0.2) is 36.6 Å². The third-order valence-electron chi connectivity index (χ3n) is 2.53. The Hall–Kier alpha value is 1.56. The molecule has 3 saturated heterocycles. The SMILES string of the molecule is CCN1C2C[N-]CC1C2.[K+]. The first kappa shape index (κ1) is 9.64. The molecule has 0 aliphatic carbocycles. The fourth-order valence-corrected chi connectivity index (χ4v) is 1.99. The van der Waals surface area contributed by atoms with E-state index in [0.29, 0.717) is 0 Å². The minimum atomic E-state index is 0. The van der Waals surface area contributed by atoms with Gasteiger partial charge in [0.25, 0.3) is 0 Å². The van der Waals surface area contributed by atoms with Crippen molar-refractivity contribution < 1.29 is 51.4 Å². The first-order chi connectivity index (χ1) is 4.42.